The summed E-state index contributed by atoms with van der Waals surface area (Å²) in [4.78, 5) is 11.3. The first-order valence-electron chi connectivity index (χ1n) is 5.60. The van der Waals surface area contributed by atoms with Crippen molar-refractivity contribution in [3.8, 4) is 17.2 Å². The molecule has 0 unspecified atom stereocenters. The molecule has 0 atom stereocenters. The molecule has 1 aromatic rings. The van der Waals surface area contributed by atoms with E-state index >= 15 is 0 Å². The van der Waals surface area contributed by atoms with Crippen LogP contribution in [0, 0.1) is 0 Å². The topological polar surface area (TPSA) is 54.0 Å². The molecule has 0 aliphatic rings. The minimum absolute atomic E-state index is 0.144. The number of hydrogen-bond acceptors (Lipinski definition) is 5. The Kier molecular flexibility index (Phi) is 5.30. The maximum absolute atomic E-state index is 11.3. The van der Waals surface area contributed by atoms with Gasteiger partial charge >= 0.3 is 5.97 Å². The van der Waals surface area contributed by atoms with Crippen LogP contribution in [-0.2, 0) is 9.53 Å². The van der Waals surface area contributed by atoms with Crippen LogP contribution in [0.15, 0.2) is 18.2 Å². The molecular formula is C13H18O5. The molecule has 0 bridgehead atoms. The third-order valence-corrected chi connectivity index (χ3v) is 2.05. The van der Waals surface area contributed by atoms with Gasteiger partial charge in [0.2, 0.25) is 0 Å². The van der Waals surface area contributed by atoms with Crippen LogP contribution in [0.5, 0.6) is 17.2 Å². The van der Waals surface area contributed by atoms with Crippen LogP contribution < -0.4 is 14.2 Å². The van der Waals surface area contributed by atoms with E-state index < -0.39 is 5.97 Å². The fraction of sp³-hybridized carbons (Fsp3) is 0.462. The van der Waals surface area contributed by atoms with E-state index in [4.69, 9.17) is 18.9 Å². The maximum Gasteiger partial charge on any atom is 0.344 e. The van der Waals surface area contributed by atoms with Crippen LogP contribution in [0.4, 0.5) is 0 Å². The highest BCUT2D eigenvalue weighted by Crippen LogP contribution is 2.27. The lowest BCUT2D eigenvalue weighted by Gasteiger charge is -2.11. The minimum atomic E-state index is -0.410. The molecule has 0 fully saturated rings. The summed E-state index contributed by atoms with van der Waals surface area (Å²) in [5, 5.41) is 0. The van der Waals surface area contributed by atoms with Gasteiger partial charge < -0.3 is 18.9 Å². The third-order valence-electron chi connectivity index (χ3n) is 2.05. The Hall–Kier alpha value is -1.91. The van der Waals surface area contributed by atoms with Crippen LogP contribution in [-0.4, -0.2) is 32.9 Å². The number of methoxy groups -OCH3 is 2. The Morgan fingerprint density at radius 3 is 2.00 bits per heavy atom. The van der Waals surface area contributed by atoms with Gasteiger partial charge in [-0.15, -0.1) is 0 Å². The normalized spacial score (nSPS) is 10.1. The van der Waals surface area contributed by atoms with E-state index in [0.29, 0.717) is 17.2 Å². The fourth-order valence-corrected chi connectivity index (χ4v) is 1.30. The Morgan fingerprint density at radius 2 is 1.56 bits per heavy atom. The van der Waals surface area contributed by atoms with Crippen LogP contribution in [0.2, 0.25) is 0 Å². The van der Waals surface area contributed by atoms with Crippen molar-refractivity contribution in [2.24, 2.45) is 0 Å². The summed E-state index contributed by atoms with van der Waals surface area (Å²) < 4.78 is 20.5. The van der Waals surface area contributed by atoms with Gasteiger partial charge in [-0.2, -0.15) is 0 Å². The van der Waals surface area contributed by atoms with Gasteiger partial charge in [0, 0.05) is 18.2 Å². The van der Waals surface area contributed by atoms with Gasteiger partial charge in [-0.05, 0) is 13.8 Å². The molecular weight excluding hydrogens is 236 g/mol. The Balaban J connectivity index is 2.63. The number of esters is 1. The lowest BCUT2D eigenvalue weighted by atomic mass is 10.3. The highest BCUT2D eigenvalue weighted by Gasteiger charge is 2.08. The van der Waals surface area contributed by atoms with Gasteiger partial charge in [0.25, 0.3) is 0 Å². The standard InChI is InChI=1S/C13H18O5/c1-9(2)18-13(14)8-17-12-6-10(15-3)5-11(7-12)16-4/h5-7,9H,8H2,1-4H3. The van der Waals surface area contributed by atoms with Gasteiger partial charge in [-0.25, -0.2) is 4.79 Å². The molecule has 0 radical (unpaired) electrons. The van der Waals surface area contributed by atoms with Crippen LogP contribution in [0.25, 0.3) is 0 Å². The summed E-state index contributed by atoms with van der Waals surface area (Å²) in [5.41, 5.74) is 0. The van der Waals surface area contributed by atoms with Crippen molar-refractivity contribution in [3.63, 3.8) is 0 Å². The Labute approximate surface area is 107 Å². The van der Waals surface area contributed by atoms with Crippen molar-refractivity contribution in [3.05, 3.63) is 18.2 Å². The first-order chi connectivity index (χ1) is 8.55. The summed E-state index contributed by atoms with van der Waals surface area (Å²) in [5.74, 6) is 1.28. The molecule has 0 aliphatic heterocycles. The van der Waals surface area contributed by atoms with Crippen molar-refractivity contribution >= 4 is 5.97 Å². The molecule has 0 saturated heterocycles. The van der Waals surface area contributed by atoms with Crippen molar-refractivity contribution in [1.29, 1.82) is 0 Å². The number of rotatable bonds is 6. The molecule has 1 aromatic carbocycles. The number of hydrogen-bond donors (Lipinski definition) is 0. The van der Waals surface area contributed by atoms with E-state index in [1.165, 1.54) is 0 Å². The second-order valence-electron chi connectivity index (χ2n) is 3.88. The molecule has 0 heterocycles. The summed E-state index contributed by atoms with van der Waals surface area (Å²) in [6.45, 7) is 3.42. The van der Waals surface area contributed by atoms with Crippen molar-refractivity contribution in [1.82, 2.24) is 0 Å². The second-order valence-corrected chi connectivity index (χ2v) is 3.88. The largest absolute Gasteiger partial charge is 0.496 e. The lowest BCUT2D eigenvalue weighted by molar-refractivity contribution is -0.149. The van der Waals surface area contributed by atoms with E-state index in [0.717, 1.165) is 0 Å². The zero-order valence-corrected chi connectivity index (χ0v) is 11.1. The van der Waals surface area contributed by atoms with E-state index in [1.807, 2.05) is 0 Å². The predicted molar refractivity (Wildman–Crippen MR) is 66.3 cm³/mol. The number of carbonyl (C=O) groups is 1. The second kappa shape index (κ2) is 6.74. The van der Waals surface area contributed by atoms with E-state index in [2.05, 4.69) is 0 Å². The average molecular weight is 254 g/mol. The first kappa shape index (κ1) is 14.2. The van der Waals surface area contributed by atoms with Crippen molar-refractivity contribution in [2.45, 2.75) is 20.0 Å². The molecule has 1 rings (SSSR count). The van der Waals surface area contributed by atoms with Gasteiger partial charge in [-0.3, -0.25) is 0 Å². The van der Waals surface area contributed by atoms with Gasteiger partial charge in [0.05, 0.1) is 20.3 Å². The van der Waals surface area contributed by atoms with Crippen LogP contribution in [0.1, 0.15) is 13.8 Å². The third kappa shape index (κ3) is 4.53. The molecule has 0 saturated carbocycles. The molecule has 0 N–H and O–H groups in total. The highest BCUT2D eigenvalue weighted by atomic mass is 16.6. The predicted octanol–water partition coefficient (Wildman–Crippen LogP) is 2.03. The zero-order valence-electron chi connectivity index (χ0n) is 11.1. The number of benzene rings is 1. The van der Waals surface area contributed by atoms with Gasteiger partial charge in [0.1, 0.15) is 17.2 Å². The van der Waals surface area contributed by atoms with E-state index in [1.54, 1.807) is 46.3 Å². The SMILES string of the molecule is COc1cc(OC)cc(OCC(=O)OC(C)C)c1. The molecule has 18 heavy (non-hydrogen) atoms. The van der Waals surface area contributed by atoms with Crippen LogP contribution >= 0.6 is 0 Å². The molecule has 5 nitrogen and oxygen atoms in total. The molecule has 0 spiro atoms. The number of ether oxygens (including phenoxy) is 4. The molecule has 0 aliphatic carbocycles. The smallest absolute Gasteiger partial charge is 0.344 e. The first-order valence-corrected chi connectivity index (χ1v) is 5.60. The average Bonchev–Trinajstić information content (AvgIpc) is 2.35. The molecule has 100 valence electrons. The summed E-state index contributed by atoms with van der Waals surface area (Å²) in [7, 11) is 3.09. The van der Waals surface area contributed by atoms with Gasteiger partial charge in [0.15, 0.2) is 6.61 Å². The van der Waals surface area contributed by atoms with Crippen molar-refractivity contribution < 1.29 is 23.7 Å². The fourth-order valence-electron chi connectivity index (χ4n) is 1.30. The summed E-state index contributed by atoms with van der Waals surface area (Å²) in [6.07, 6.45) is -0.152. The zero-order chi connectivity index (χ0) is 13.5. The Bertz CT molecular complexity index is 378. The molecule has 0 amide bonds. The van der Waals surface area contributed by atoms with Crippen molar-refractivity contribution in [2.75, 3.05) is 20.8 Å². The van der Waals surface area contributed by atoms with E-state index in [9.17, 15) is 4.79 Å². The monoisotopic (exact) mass is 254 g/mol. The Morgan fingerprint density at radius 1 is 1.06 bits per heavy atom. The minimum Gasteiger partial charge on any atom is -0.496 e. The van der Waals surface area contributed by atoms with Gasteiger partial charge in [-0.1, -0.05) is 0 Å². The van der Waals surface area contributed by atoms with Crippen LogP contribution in [0.3, 0.4) is 0 Å². The number of carbonyl (C=O) groups excluding carboxylic acids is 1. The van der Waals surface area contributed by atoms with E-state index in [-0.39, 0.29) is 12.7 Å². The molecule has 0 aromatic heterocycles. The maximum atomic E-state index is 11.3. The summed E-state index contributed by atoms with van der Waals surface area (Å²) >= 11 is 0. The quantitative estimate of drug-likeness (QED) is 0.727. The molecule has 5 heteroatoms. The highest BCUT2D eigenvalue weighted by molar-refractivity contribution is 5.71. The summed E-state index contributed by atoms with van der Waals surface area (Å²) in [6, 6.07) is 5.07. The lowest BCUT2D eigenvalue weighted by Crippen LogP contribution is -2.18.